The molecule has 1 aliphatic rings. The number of carboxylic acid groups (broad SMARTS) is 1. The van der Waals surface area contributed by atoms with Crippen LogP contribution >= 0.6 is 11.8 Å². The molecule has 1 atom stereocenters. The van der Waals surface area contributed by atoms with E-state index in [2.05, 4.69) is 10.6 Å². The Morgan fingerprint density at radius 3 is 2.56 bits per heavy atom. The molecule has 0 aromatic heterocycles. The molecule has 1 aromatic carbocycles. The number of nitrogens with one attached hydrogen (secondary N) is 2. The van der Waals surface area contributed by atoms with Crippen LogP contribution < -0.4 is 10.6 Å². The monoisotopic (exact) mass is 364 g/mol. The van der Waals surface area contributed by atoms with Gasteiger partial charge in [0.1, 0.15) is 5.25 Å². The average molecular weight is 364 g/mol. The second kappa shape index (κ2) is 9.46. The highest BCUT2D eigenvalue weighted by Gasteiger charge is 2.19. The van der Waals surface area contributed by atoms with Crippen LogP contribution in [0.2, 0.25) is 0 Å². The molecule has 0 aliphatic heterocycles. The average Bonchev–Trinajstić information content (AvgIpc) is 2.61. The van der Waals surface area contributed by atoms with Gasteiger partial charge in [-0.1, -0.05) is 31.4 Å². The molecular weight excluding hydrogens is 340 g/mol. The third-order valence-electron chi connectivity index (χ3n) is 4.16. The summed E-state index contributed by atoms with van der Waals surface area (Å²) in [5, 5.41) is 13.9. The van der Waals surface area contributed by atoms with Crippen LogP contribution in [-0.2, 0) is 9.59 Å². The second-order valence-electron chi connectivity index (χ2n) is 6.18. The van der Waals surface area contributed by atoms with Crippen LogP contribution in [0.3, 0.4) is 0 Å². The number of rotatable bonds is 7. The number of carbonyl (C=O) groups excluding carboxylic acids is 2. The van der Waals surface area contributed by atoms with Gasteiger partial charge in [-0.3, -0.25) is 14.4 Å². The summed E-state index contributed by atoms with van der Waals surface area (Å²) in [6, 6.07) is 7.01. The quantitative estimate of drug-likeness (QED) is 0.646. The Kier molecular flexibility index (Phi) is 7.31. The van der Waals surface area contributed by atoms with E-state index in [9.17, 15) is 14.4 Å². The van der Waals surface area contributed by atoms with Crippen molar-refractivity contribution in [1.82, 2.24) is 10.6 Å². The van der Waals surface area contributed by atoms with Crippen LogP contribution in [0.15, 0.2) is 29.2 Å². The zero-order valence-electron chi connectivity index (χ0n) is 14.3. The molecule has 3 N–H and O–H groups in total. The molecule has 0 spiro atoms. The molecule has 6 nitrogen and oxygen atoms in total. The van der Waals surface area contributed by atoms with Crippen LogP contribution in [0.5, 0.6) is 0 Å². The largest absolute Gasteiger partial charge is 0.480 e. The van der Waals surface area contributed by atoms with Gasteiger partial charge in [0.25, 0.3) is 5.91 Å². The van der Waals surface area contributed by atoms with Gasteiger partial charge >= 0.3 is 5.97 Å². The van der Waals surface area contributed by atoms with E-state index in [1.54, 1.807) is 31.2 Å². The van der Waals surface area contributed by atoms with Crippen molar-refractivity contribution in [1.29, 1.82) is 0 Å². The van der Waals surface area contributed by atoms with Crippen LogP contribution in [0.1, 0.15) is 49.4 Å². The maximum Gasteiger partial charge on any atom is 0.316 e. The molecule has 2 rings (SSSR count). The summed E-state index contributed by atoms with van der Waals surface area (Å²) >= 11 is 1.11. The summed E-state index contributed by atoms with van der Waals surface area (Å²) in [6.07, 6.45) is 5.46. The first-order valence-electron chi connectivity index (χ1n) is 8.53. The highest BCUT2D eigenvalue weighted by molar-refractivity contribution is 8.00. The van der Waals surface area contributed by atoms with Gasteiger partial charge in [0.05, 0.1) is 12.1 Å². The lowest BCUT2D eigenvalue weighted by Crippen LogP contribution is -2.42. The molecule has 7 heteroatoms. The second-order valence-corrected chi connectivity index (χ2v) is 7.56. The first-order valence-corrected chi connectivity index (χ1v) is 9.41. The smallest absolute Gasteiger partial charge is 0.316 e. The third-order valence-corrected chi connectivity index (χ3v) is 5.33. The highest BCUT2D eigenvalue weighted by atomic mass is 32.2. The lowest BCUT2D eigenvalue weighted by molar-refractivity contribution is -0.136. The van der Waals surface area contributed by atoms with Crippen molar-refractivity contribution < 1.29 is 19.5 Å². The van der Waals surface area contributed by atoms with Crippen molar-refractivity contribution in [3.8, 4) is 0 Å². The summed E-state index contributed by atoms with van der Waals surface area (Å²) < 4.78 is 0. The molecule has 1 saturated carbocycles. The number of benzene rings is 1. The van der Waals surface area contributed by atoms with Crippen molar-refractivity contribution in [2.75, 3.05) is 6.54 Å². The minimum absolute atomic E-state index is 0.0805. The summed E-state index contributed by atoms with van der Waals surface area (Å²) in [4.78, 5) is 36.0. The number of hydrogen-bond donors (Lipinski definition) is 3. The molecular formula is C18H24N2O4S. The molecule has 1 aromatic rings. The first kappa shape index (κ1) is 19.3. The Bertz CT molecular complexity index is 629. The number of thioether (sulfide) groups is 1. The normalized spacial score (nSPS) is 16.0. The van der Waals surface area contributed by atoms with E-state index in [1.807, 2.05) is 0 Å². The number of aliphatic carboxylic acids is 1. The molecule has 1 fully saturated rings. The number of carbonyl (C=O) groups is 3. The van der Waals surface area contributed by atoms with Crippen LogP contribution in [0.4, 0.5) is 0 Å². The Morgan fingerprint density at radius 2 is 1.88 bits per heavy atom. The van der Waals surface area contributed by atoms with E-state index in [0.29, 0.717) is 10.5 Å². The highest BCUT2D eigenvalue weighted by Crippen LogP contribution is 2.27. The van der Waals surface area contributed by atoms with E-state index in [-0.39, 0.29) is 24.4 Å². The lowest BCUT2D eigenvalue weighted by Gasteiger charge is -2.22. The van der Waals surface area contributed by atoms with Gasteiger partial charge in [0.15, 0.2) is 0 Å². The SMILES string of the molecule is CC(Sc1ccccc1C(=O)NCC(=O)NC1CCCCC1)C(=O)O. The molecule has 1 aliphatic carbocycles. The maximum absolute atomic E-state index is 12.4. The first-order chi connectivity index (χ1) is 12.0. The topological polar surface area (TPSA) is 95.5 Å². The van der Waals surface area contributed by atoms with Crippen molar-refractivity contribution in [2.45, 2.75) is 55.2 Å². The lowest BCUT2D eigenvalue weighted by atomic mass is 9.95. The van der Waals surface area contributed by atoms with E-state index >= 15 is 0 Å². The Morgan fingerprint density at radius 1 is 1.20 bits per heavy atom. The Balaban J connectivity index is 1.89. The molecule has 0 bridgehead atoms. The van der Waals surface area contributed by atoms with Crippen molar-refractivity contribution in [2.24, 2.45) is 0 Å². The Labute approximate surface area is 151 Å². The predicted molar refractivity (Wildman–Crippen MR) is 96.7 cm³/mol. The fraction of sp³-hybridized carbons (Fsp3) is 0.500. The van der Waals surface area contributed by atoms with Crippen LogP contribution in [0, 0.1) is 0 Å². The van der Waals surface area contributed by atoms with Crippen LogP contribution in [-0.4, -0.2) is 40.7 Å². The molecule has 2 amide bonds. The number of carboxylic acids is 1. The number of hydrogen-bond acceptors (Lipinski definition) is 4. The summed E-state index contributed by atoms with van der Waals surface area (Å²) in [5.41, 5.74) is 0.381. The summed E-state index contributed by atoms with van der Waals surface area (Å²) in [5.74, 6) is -1.50. The van der Waals surface area contributed by atoms with Gasteiger partial charge in [-0.2, -0.15) is 0 Å². The summed E-state index contributed by atoms with van der Waals surface area (Å²) in [6.45, 7) is 1.49. The van der Waals surface area contributed by atoms with Gasteiger partial charge in [0.2, 0.25) is 5.91 Å². The molecule has 0 heterocycles. The van der Waals surface area contributed by atoms with Gasteiger partial charge < -0.3 is 15.7 Å². The van der Waals surface area contributed by atoms with Crippen LogP contribution in [0.25, 0.3) is 0 Å². The fourth-order valence-electron chi connectivity index (χ4n) is 2.78. The van der Waals surface area contributed by atoms with Gasteiger partial charge in [-0.05, 0) is 31.9 Å². The van der Waals surface area contributed by atoms with Gasteiger partial charge in [-0.25, -0.2) is 0 Å². The van der Waals surface area contributed by atoms with E-state index in [4.69, 9.17) is 5.11 Å². The van der Waals surface area contributed by atoms with E-state index in [0.717, 1.165) is 37.4 Å². The third kappa shape index (κ3) is 6.08. The molecule has 0 radical (unpaired) electrons. The van der Waals surface area contributed by atoms with E-state index < -0.39 is 11.2 Å². The maximum atomic E-state index is 12.4. The van der Waals surface area contributed by atoms with Crippen molar-refractivity contribution in [3.05, 3.63) is 29.8 Å². The zero-order valence-corrected chi connectivity index (χ0v) is 15.1. The molecule has 136 valence electrons. The number of amides is 2. The van der Waals surface area contributed by atoms with Crippen molar-refractivity contribution in [3.63, 3.8) is 0 Å². The van der Waals surface area contributed by atoms with Gasteiger partial charge in [-0.15, -0.1) is 11.8 Å². The predicted octanol–water partition coefficient (Wildman–Crippen LogP) is 2.43. The molecule has 0 saturated heterocycles. The fourth-order valence-corrected chi connectivity index (χ4v) is 3.71. The molecule has 1 unspecified atom stereocenters. The standard InChI is InChI=1S/C18H24N2O4S/c1-12(18(23)24)25-15-10-6-5-9-14(15)17(22)19-11-16(21)20-13-7-3-2-4-8-13/h5-6,9-10,12-13H,2-4,7-8,11H2,1H3,(H,19,22)(H,20,21)(H,23,24). The zero-order chi connectivity index (χ0) is 18.2. The van der Waals surface area contributed by atoms with E-state index in [1.165, 1.54) is 6.42 Å². The minimum Gasteiger partial charge on any atom is -0.480 e. The summed E-state index contributed by atoms with van der Waals surface area (Å²) in [7, 11) is 0. The van der Waals surface area contributed by atoms with Gasteiger partial charge in [0, 0.05) is 10.9 Å². The van der Waals surface area contributed by atoms with Crippen molar-refractivity contribution >= 4 is 29.5 Å². The molecule has 25 heavy (non-hydrogen) atoms. The minimum atomic E-state index is -0.938. The Hall–Kier alpha value is -2.02.